The number of aromatic carboxylic acids is 2. The van der Waals surface area contributed by atoms with E-state index in [2.05, 4.69) is 4.98 Å². The molecule has 1 aromatic heterocycles. The molecule has 1 heterocycles. The van der Waals surface area contributed by atoms with Crippen molar-refractivity contribution < 1.29 is 24.9 Å². The number of pyridine rings is 1. The molecule has 14 heavy (non-hydrogen) atoms. The molecule has 6 heteroatoms. The highest BCUT2D eigenvalue weighted by Crippen LogP contribution is 2.06. The van der Waals surface area contributed by atoms with Crippen molar-refractivity contribution in [3.05, 3.63) is 29.1 Å². The summed E-state index contributed by atoms with van der Waals surface area (Å²) < 4.78 is 0. The summed E-state index contributed by atoms with van der Waals surface area (Å²) in [7, 11) is 0. The number of carboxylic acid groups (broad SMARTS) is 2. The van der Waals surface area contributed by atoms with Crippen LogP contribution >= 0.6 is 0 Å². The fraction of sp³-hybridized carbons (Fsp3) is 0.125. The van der Waals surface area contributed by atoms with Crippen LogP contribution in [-0.2, 0) is 6.61 Å². The van der Waals surface area contributed by atoms with Gasteiger partial charge in [-0.15, -0.1) is 0 Å². The summed E-state index contributed by atoms with van der Waals surface area (Å²) >= 11 is 0. The van der Waals surface area contributed by atoms with Crippen molar-refractivity contribution in [2.75, 3.05) is 0 Å². The second-order valence-corrected chi connectivity index (χ2v) is 2.51. The highest BCUT2D eigenvalue weighted by molar-refractivity contribution is 5.90. The van der Waals surface area contributed by atoms with E-state index in [1.165, 1.54) is 0 Å². The predicted octanol–water partition coefficient (Wildman–Crippen LogP) is -0.0297. The van der Waals surface area contributed by atoms with Gasteiger partial charge >= 0.3 is 11.9 Å². The van der Waals surface area contributed by atoms with Crippen LogP contribution < -0.4 is 0 Å². The topological polar surface area (TPSA) is 108 Å². The zero-order valence-corrected chi connectivity index (χ0v) is 6.97. The summed E-state index contributed by atoms with van der Waals surface area (Å²) in [6.07, 6.45) is 0. The van der Waals surface area contributed by atoms with Gasteiger partial charge in [-0.3, -0.25) is 0 Å². The maximum atomic E-state index is 10.5. The first-order valence-corrected chi connectivity index (χ1v) is 3.63. The third kappa shape index (κ3) is 2.05. The number of aromatic nitrogens is 1. The minimum Gasteiger partial charge on any atom is -0.477 e. The third-order valence-corrected chi connectivity index (χ3v) is 1.51. The van der Waals surface area contributed by atoms with Crippen LogP contribution in [0.25, 0.3) is 0 Å². The maximum Gasteiger partial charge on any atom is 0.354 e. The van der Waals surface area contributed by atoms with E-state index in [1.807, 2.05) is 0 Å². The van der Waals surface area contributed by atoms with Crippen molar-refractivity contribution in [3.63, 3.8) is 0 Å². The van der Waals surface area contributed by atoms with Gasteiger partial charge < -0.3 is 15.3 Å². The standard InChI is InChI=1S/C8H7NO5/c10-3-4-1-5(7(11)12)9-6(2-4)8(13)14/h1-2,10H,3H2,(H,11,12)(H,13,14). The molecule has 0 spiro atoms. The third-order valence-electron chi connectivity index (χ3n) is 1.51. The first kappa shape index (κ1) is 10.1. The number of carboxylic acids is 2. The molecule has 0 aliphatic heterocycles. The van der Waals surface area contributed by atoms with Crippen LogP contribution in [0.15, 0.2) is 12.1 Å². The number of carbonyl (C=O) groups is 2. The lowest BCUT2D eigenvalue weighted by Crippen LogP contribution is -2.08. The van der Waals surface area contributed by atoms with E-state index in [-0.39, 0.29) is 5.56 Å². The van der Waals surface area contributed by atoms with E-state index in [0.717, 1.165) is 12.1 Å². The second kappa shape index (κ2) is 3.84. The molecular weight excluding hydrogens is 190 g/mol. The van der Waals surface area contributed by atoms with Crippen LogP contribution in [-0.4, -0.2) is 32.2 Å². The van der Waals surface area contributed by atoms with Gasteiger partial charge in [0.2, 0.25) is 0 Å². The van der Waals surface area contributed by atoms with Crippen LogP contribution in [0.3, 0.4) is 0 Å². The number of nitrogens with zero attached hydrogens (tertiary/aromatic N) is 1. The number of aliphatic hydroxyl groups excluding tert-OH is 1. The summed E-state index contributed by atoms with van der Waals surface area (Å²) in [5.74, 6) is -2.66. The van der Waals surface area contributed by atoms with Crippen LogP contribution in [0.4, 0.5) is 0 Å². The van der Waals surface area contributed by atoms with Crippen LogP contribution in [0.5, 0.6) is 0 Å². The van der Waals surface area contributed by atoms with Gasteiger partial charge in [0.25, 0.3) is 0 Å². The van der Waals surface area contributed by atoms with Gasteiger partial charge in [0.05, 0.1) is 6.61 Å². The van der Waals surface area contributed by atoms with Crippen molar-refractivity contribution in [1.29, 1.82) is 0 Å². The summed E-state index contributed by atoms with van der Waals surface area (Å²) in [5.41, 5.74) is -0.585. The molecule has 74 valence electrons. The normalized spacial score (nSPS) is 9.79. The largest absolute Gasteiger partial charge is 0.477 e. The average Bonchev–Trinajstić information content (AvgIpc) is 2.16. The zero-order valence-electron chi connectivity index (χ0n) is 6.97. The summed E-state index contributed by atoms with van der Waals surface area (Å²) in [4.78, 5) is 24.4. The number of rotatable bonds is 3. The van der Waals surface area contributed by atoms with Gasteiger partial charge in [0.1, 0.15) is 11.4 Å². The van der Waals surface area contributed by atoms with E-state index >= 15 is 0 Å². The van der Waals surface area contributed by atoms with Gasteiger partial charge in [-0.2, -0.15) is 0 Å². The lowest BCUT2D eigenvalue weighted by molar-refractivity contribution is 0.0684. The summed E-state index contributed by atoms with van der Waals surface area (Å²) in [6.45, 7) is -0.428. The lowest BCUT2D eigenvalue weighted by Gasteiger charge is -2.00. The van der Waals surface area contributed by atoms with Gasteiger partial charge in [-0.1, -0.05) is 0 Å². The fourth-order valence-corrected chi connectivity index (χ4v) is 0.898. The van der Waals surface area contributed by atoms with Crippen LogP contribution in [0, 0.1) is 0 Å². The Hall–Kier alpha value is -1.95. The minimum atomic E-state index is -1.33. The van der Waals surface area contributed by atoms with Crippen LogP contribution in [0.2, 0.25) is 0 Å². The first-order valence-electron chi connectivity index (χ1n) is 3.63. The smallest absolute Gasteiger partial charge is 0.354 e. The Morgan fingerprint density at radius 2 is 1.57 bits per heavy atom. The molecule has 0 radical (unpaired) electrons. The van der Waals surface area contributed by atoms with Gasteiger partial charge in [0.15, 0.2) is 0 Å². The minimum absolute atomic E-state index is 0.204. The molecule has 0 aromatic carbocycles. The number of aliphatic hydroxyl groups is 1. The predicted molar refractivity (Wildman–Crippen MR) is 44.1 cm³/mol. The van der Waals surface area contributed by atoms with Crippen molar-refractivity contribution in [2.24, 2.45) is 0 Å². The molecule has 6 nitrogen and oxygen atoms in total. The molecule has 0 aliphatic carbocycles. The Morgan fingerprint density at radius 1 is 1.14 bits per heavy atom. The van der Waals surface area contributed by atoms with E-state index in [0.29, 0.717) is 0 Å². The zero-order chi connectivity index (χ0) is 10.7. The molecule has 1 aromatic rings. The van der Waals surface area contributed by atoms with Crippen molar-refractivity contribution in [2.45, 2.75) is 6.61 Å². The Balaban J connectivity index is 3.27. The molecule has 3 N–H and O–H groups in total. The quantitative estimate of drug-likeness (QED) is 0.628. The molecule has 0 bridgehead atoms. The second-order valence-electron chi connectivity index (χ2n) is 2.51. The van der Waals surface area contributed by atoms with Gasteiger partial charge in [0, 0.05) is 0 Å². The average molecular weight is 197 g/mol. The monoisotopic (exact) mass is 197 g/mol. The Labute approximate surface area is 78.5 Å². The van der Waals surface area contributed by atoms with Crippen LogP contribution in [0.1, 0.15) is 26.5 Å². The van der Waals surface area contributed by atoms with E-state index < -0.39 is 29.9 Å². The molecule has 0 atom stereocenters. The highest BCUT2D eigenvalue weighted by atomic mass is 16.4. The molecule has 0 unspecified atom stereocenters. The molecule has 0 fully saturated rings. The summed E-state index contributed by atoms with van der Waals surface area (Å²) in [5, 5.41) is 25.9. The van der Waals surface area contributed by atoms with Crippen molar-refractivity contribution in [3.8, 4) is 0 Å². The fourth-order valence-electron chi connectivity index (χ4n) is 0.898. The Bertz CT molecular complexity index is 355. The van der Waals surface area contributed by atoms with Crippen molar-refractivity contribution in [1.82, 2.24) is 4.98 Å². The van der Waals surface area contributed by atoms with E-state index in [1.54, 1.807) is 0 Å². The Morgan fingerprint density at radius 3 is 1.86 bits per heavy atom. The SMILES string of the molecule is O=C(O)c1cc(CO)cc(C(=O)O)n1. The molecular formula is C8H7NO5. The molecule has 0 aliphatic rings. The maximum absolute atomic E-state index is 10.5. The van der Waals surface area contributed by atoms with E-state index in [4.69, 9.17) is 15.3 Å². The number of hydrogen-bond donors (Lipinski definition) is 3. The Kier molecular flexibility index (Phi) is 2.78. The molecule has 0 amide bonds. The molecule has 1 rings (SSSR count). The molecule has 0 saturated carbocycles. The highest BCUT2D eigenvalue weighted by Gasteiger charge is 2.12. The summed E-state index contributed by atoms with van der Waals surface area (Å²) in [6, 6.07) is 2.24. The van der Waals surface area contributed by atoms with Gasteiger partial charge in [-0.05, 0) is 17.7 Å². The number of hydrogen-bond acceptors (Lipinski definition) is 4. The molecule has 0 saturated heterocycles. The lowest BCUT2D eigenvalue weighted by atomic mass is 10.2. The van der Waals surface area contributed by atoms with Gasteiger partial charge in [-0.25, -0.2) is 14.6 Å². The van der Waals surface area contributed by atoms with E-state index in [9.17, 15) is 9.59 Å². The first-order chi connectivity index (χ1) is 6.54. The van der Waals surface area contributed by atoms with Crippen molar-refractivity contribution >= 4 is 11.9 Å².